The molecule has 2 nitrogen and oxygen atoms in total. The van der Waals surface area contributed by atoms with E-state index in [0.717, 1.165) is 0 Å². The summed E-state index contributed by atoms with van der Waals surface area (Å²) in [6, 6.07) is 0. The average Bonchev–Trinajstić information content (AvgIpc) is 1.86. The van der Waals surface area contributed by atoms with Gasteiger partial charge in [-0.05, 0) is 20.3 Å². The third kappa shape index (κ3) is 6.07. The van der Waals surface area contributed by atoms with Crippen LogP contribution in [-0.4, -0.2) is 17.0 Å². The van der Waals surface area contributed by atoms with Crippen molar-refractivity contribution in [1.29, 1.82) is 0 Å². The van der Waals surface area contributed by atoms with Gasteiger partial charge in [-0.2, -0.15) is 0 Å². The predicted molar refractivity (Wildman–Crippen MR) is 45.5 cm³/mol. The van der Waals surface area contributed by atoms with E-state index in [0.29, 0.717) is 17.9 Å². The van der Waals surface area contributed by atoms with Crippen LogP contribution >= 0.6 is 11.6 Å². The minimum atomic E-state index is -0.622. The second-order valence-electron chi connectivity index (χ2n) is 2.51. The Hall–Kier alpha value is -0.340. The van der Waals surface area contributed by atoms with Crippen LogP contribution in [0.2, 0.25) is 0 Å². The molecule has 0 aromatic carbocycles. The first kappa shape index (κ1) is 10.7. The number of carbonyl (C=O) groups is 1. The zero-order valence-corrected chi connectivity index (χ0v) is 7.56. The SMILES string of the molecule is CC(=O)CC/C=C(/Cl)C(C)O. The van der Waals surface area contributed by atoms with Crippen molar-refractivity contribution in [2.75, 3.05) is 0 Å². The van der Waals surface area contributed by atoms with Crippen LogP contribution in [0.1, 0.15) is 26.7 Å². The lowest BCUT2D eigenvalue weighted by atomic mass is 10.2. The van der Waals surface area contributed by atoms with E-state index in [4.69, 9.17) is 16.7 Å². The fourth-order valence-electron chi connectivity index (χ4n) is 0.584. The van der Waals surface area contributed by atoms with E-state index in [1.165, 1.54) is 6.92 Å². The van der Waals surface area contributed by atoms with Crippen LogP contribution in [0.3, 0.4) is 0 Å². The molecule has 0 aliphatic carbocycles. The van der Waals surface area contributed by atoms with Crippen LogP contribution < -0.4 is 0 Å². The van der Waals surface area contributed by atoms with Gasteiger partial charge in [0, 0.05) is 11.5 Å². The normalized spacial score (nSPS) is 14.7. The molecule has 0 saturated heterocycles. The van der Waals surface area contributed by atoms with Gasteiger partial charge in [-0.25, -0.2) is 0 Å². The van der Waals surface area contributed by atoms with Crippen molar-refractivity contribution >= 4 is 17.4 Å². The summed E-state index contributed by atoms with van der Waals surface area (Å²) in [5.74, 6) is 0.135. The summed E-state index contributed by atoms with van der Waals surface area (Å²) in [5, 5.41) is 9.31. The van der Waals surface area contributed by atoms with Gasteiger partial charge in [0.15, 0.2) is 0 Å². The third-order valence-corrected chi connectivity index (χ3v) is 1.70. The van der Waals surface area contributed by atoms with Crippen molar-refractivity contribution < 1.29 is 9.90 Å². The molecule has 0 saturated carbocycles. The molecule has 0 heterocycles. The molecule has 1 atom stereocenters. The maximum Gasteiger partial charge on any atom is 0.130 e. The number of rotatable bonds is 4. The number of halogens is 1. The summed E-state index contributed by atoms with van der Waals surface area (Å²) in [7, 11) is 0. The van der Waals surface area contributed by atoms with E-state index in [-0.39, 0.29) is 5.78 Å². The second-order valence-corrected chi connectivity index (χ2v) is 2.94. The van der Waals surface area contributed by atoms with E-state index in [2.05, 4.69) is 0 Å². The summed E-state index contributed by atoms with van der Waals surface area (Å²) >= 11 is 5.60. The number of aliphatic hydroxyl groups excluding tert-OH is 1. The van der Waals surface area contributed by atoms with E-state index >= 15 is 0 Å². The van der Waals surface area contributed by atoms with E-state index in [1.54, 1.807) is 13.0 Å². The smallest absolute Gasteiger partial charge is 0.130 e. The summed E-state index contributed by atoms with van der Waals surface area (Å²) in [5.41, 5.74) is 0. The summed E-state index contributed by atoms with van der Waals surface area (Å²) in [4.78, 5) is 10.5. The fraction of sp³-hybridized carbons (Fsp3) is 0.625. The molecule has 3 heteroatoms. The number of carbonyl (C=O) groups excluding carboxylic acids is 1. The van der Waals surface area contributed by atoms with Crippen LogP contribution in [0.15, 0.2) is 11.1 Å². The number of aliphatic hydroxyl groups is 1. The lowest BCUT2D eigenvalue weighted by molar-refractivity contribution is -0.116. The van der Waals surface area contributed by atoms with Gasteiger partial charge >= 0.3 is 0 Å². The lowest BCUT2D eigenvalue weighted by Gasteiger charge is -2.00. The van der Waals surface area contributed by atoms with Gasteiger partial charge in [-0.15, -0.1) is 0 Å². The number of Topliss-reactive ketones (excluding diaryl/α,β-unsaturated/α-hetero) is 1. The Morgan fingerprint density at radius 3 is 2.64 bits per heavy atom. The van der Waals surface area contributed by atoms with Crippen molar-refractivity contribution in [3.8, 4) is 0 Å². The van der Waals surface area contributed by atoms with Gasteiger partial charge < -0.3 is 9.90 Å². The van der Waals surface area contributed by atoms with Gasteiger partial charge in [0.25, 0.3) is 0 Å². The van der Waals surface area contributed by atoms with Crippen molar-refractivity contribution in [3.63, 3.8) is 0 Å². The zero-order chi connectivity index (χ0) is 8.85. The Kier molecular flexibility index (Phi) is 5.16. The molecule has 0 aliphatic heterocycles. The Labute approximate surface area is 71.9 Å². The van der Waals surface area contributed by atoms with Gasteiger partial charge in [-0.3, -0.25) is 0 Å². The molecular weight excluding hydrogens is 164 g/mol. The van der Waals surface area contributed by atoms with Crippen LogP contribution in [0.5, 0.6) is 0 Å². The maximum atomic E-state index is 10.5. The first-order chi connectivity index (χ1) is 5.04. The number of hydrogen-bond acceptors (Lipinski definition) is 2. The lowest BCUT2D eigenvalue weighted by Crippen LogP contribution is -1.98. The van der Waals surface area contributed by atoms with Gasteiger partial charge in [-0.1, -0.05) is 17.7 Å². The highest BCUT2D eigenvalue weighted by Crippen LogP contribution is 2.09. The van der Waals surface area contributed by atoms with Gasteiger partial charge in [0.1, 0.15) is 5.78 Å². The molecule has 0 aliphatic rings. The number of allylic oxidation sites excluding steroid dienone is 1. The standard InChI is InChI=1S/C8H13ClO2/c1-6(10)4-3-5-8(9)7(2)11/h5,7,11H,3-4H2,1-2H3/b8-5+. The molecule has 0 fully saturated rings. The summed E-state index contributed by atoms with van der Waals surface area (Å²) in [6.07, 6.45) is 2.15. The number of hydrogen-bond donors (Lipinski definition) is 1. The van der Waals surface area contributed by atoms with Crippen molar-refractivity contribution in [1.82, 2.24) is 0 Å². The monoisotopic (exact) mass is 176 g/mol. The van der Waals surface area contributed by atoms with Crippen LogP contribution in [0, 0.1) is 0 Å². The Morgan fingerprint density at radius 1 is 1.73 bits per heavy atom. The van der Waals surface area contributed by atoms with Crippen LogP contribution in [-0.2, 0) is 4.79 Å². The maximum absolute atomic E-state index is 10.5. The molecule has 11 heavy (non-hydrogen) atoms. The summed E-state index contributed by atoms with van der Waals surface area (Å²) in [6.45, 7) is 3.12. The number of ketones is 1. The highest BCUT2D eigenvalue weighted by atomic mass is 35.5. The second kappa shape index (κ2) is 5.33. The van der Waals surface area contributed by atoms with Crippen LogP contribution in [0.4, 0.5) is 0 Å². The topological polar surface area (TPSA) is 37.3 Å². The predicted octanol–water partition coefficient (Wildman–Crippen LogP) is 1.86. The van der Waals surface area contributed by atoms with E-state index in [1.807, 2.05) is 0 Å². The highest BCUT2D eigenvalue weighted by molar-refractivity contribution is 6.30. The summed E-state index contributed by atoms with van der Waals surface area (Å²) < 4.78 is 0. The molecule has 0 aromatic rings. The molecule has 0 rings (SSSR count). The highest BCUT2D eigenvalue weighted by Gasteiger charge is 1.99. The minimum absolute atomic E-state index is 0.135. The van der Waals surface area contributed by atoms with Crippen molar-refractivity contribution in [2.24, 2.45) is 0 Å². The molecule has 0 aromatic heterocycles. The largest absolute Gasteiger partial charge is 0.388 e. The average molecular weight is 177 g/mol. The van der Waals surface area contributed by atoms with E-state index in [9.17, 15) is 4.79 Å². The molecule has 0 spiro atoms. The molecule has 1 N–H and O–H groups in total. The van der Waals surface area contributed by atoms with Crippen molar-refractivity contribution in [2.45, 2.75) is 32.8 Å². The molecular formula is C8H13ClO2. The van der Waals surface area contributed by atoms with Gasteiger partial charge in [0.2, 0.25) is 0 Å². The first-order valence-corrected chi connectivity index (χ1v) is 3.95. The van der Waals surface area contributed by atoms with Crippen LogP contribution in [0.25, 0.3) is 0 Å². The van der Waals surface area contributed by atoms with E-state index < -0.39 is 6.10 Å². The molecule has 0 bridgehead atoms. The third-order valence-electron chi connectivity index (χ3n) is 1.23. The Morgan fingerprint density at radius 2 is 2.27 bits per heavy atom. The fourth-order valence-corrected chi connectivity index (χ4v) is 0.693. The molecule has 1 unspecified atom stereocenters. The first-order valence-electron chi connectivity index (χ1n) is 3.57. The molecule has 0 amide bonds. The van der Waals surface area contributed by atoms with Gasteiger partial charge in [0.05, 0.1) is 6.10 Å². The Balaban J connectivity index is 3.65. The van der Waals surface area contributed by atoms with Crippen molar-refractivity contribution in [3.05, 3.63) is 11.1 Å². The molecule has 64 valence electrons. The Bertz CT molecular complexity index is 161. The minimum Gasteiger partial charge on any atom is -0.388 e. The molecule has 0 radical (unpaired) electrons. The zero-order valence-electron chi connectivity index (χ0n) is 6.80. The quantitative estimate of drug-likeness (QED) is 0.710.